The molecule has 4 rings (SSSR count). The van der Waals surface area contributed by atoms with Gasteiger partial charge in [-0.25, -0.2) is 8.42 Å². The highest BCUT2D eigenvalue weighted by Crippen LogP contribution is 2.30. The SMILES string of the molecule is CCOc1ccc(N(CC(=O)N(Cc2c(Cl)cccc2Cl)[C@H](Cc2ccccc2)C(=O)N[C@H](C)CC)S(=O)(=O)c2ccccc2)cc1. The molecule has 0 saturated carbocycles. The highest BCUT2D eigenvalue weighted by Gasteiger charge is 2.35. The molecule has 0 bridgehead atoms. The molecule has 11 heteroatoms. The molecule has 0 unspecified atom stereocenters. The molecule has 248 valence electrons. The third kappa shape index (κ3) is 9.28. The van der Waals surface area contributed by atoms with Gasteiger partial charge in [0.2, 0.25) is 11.8 Å². The Morgan fingerprint density at radius 3 is 2.00 bits per heavy atom. The Bertz CT molecular complexity index is 1720. The van der Waals surface area contributed by atoms with Crippen LogP contribution in [0.3, 0.4) is 0 Å². The lowest BCUT2D eigenvalue weighted by Gasteiger charge is -2.34. The van der Waals surface area contributed by atoms with Gasteiger partial charge in [-0.2, -0.15) is 0 Å². The van der Waals surface area contributed by atoms with Gasteiger partial charge in [0.1, 0.15) is 18.3 Å². The van der Waals surface area contributed by atoms with E-state index in [1.165, 1.54) is 17.0 Å². The van der Waals surface area contributed by atoms with Gasteiger partial charge in [-0.15, -0.1) is 0 Å². The maximum absolute atomic E-state index is 14.6. The summed E-state index contributed by atoms with van der Waals surface area (Å²) in [7, 11) is -4.23. The lowest BCUT2D eigenvalue weighted by Crippen LogP contribution is -2.54. The van der Waals surface area contributed by atoms with Crippen LogP contribution in [0, 0.1) is 0 Å². The summed E-state index contributed by atoms with van der Waals surface area (Å²) in [6, 6.07) is 27.5. The third-order valence-electron chi connectivity index (χ3n) is 7.71. The number of hydrogen-bond donors (Lipinski definition) is 1. The van der Waals surface area contributed by atoms with Crippen molar-refractivity contribution in [2.24, 2.45) is 0 Å². The first-order valence-corrected chi connectivity index (χ1v) is 17.6. The summed E-state index contributed by atoms with van der Waals surface area (Å²) >= 11 is 13.2. The minimum Gasteiger partial charge on any atom is -0.494 e. The number of nitrogens with one attached hydrogen (secondary N) is 1. The van der Waals surface area contributed by atoms with Crippen molar-refractivity contribution in [1.82, 2.24) is 10.2 Å². The van der Waals surface area contributed by atoms with Gasteiger partial charge in [0.05, 0.1) is 17.2 Å². The van der Waals surface area contributed by atoms with Crippen LogP contribution in [-0.4, -0.2) is 50.4 Å². The number of benzene rings is 4. The predicted octanol–water partition coefficient (Wildman–Crippen LogP) is 7.14. The van der Waals surface area contributed by atoms with Gasteiger partial charge >= 0.3 is 0 Å². The molecule has 2 atom stereocenters. The van der Waals surface area contributed by atoms with E-state index in [1.807, 2.05) is 51.1 Å². The van der Waals surface area contributed by atoms with E-state index in [4.69, 9.17) is 27.9 Å². The zero-order valence-electron chi connectivity index (χ0n) is 26.6. The highest BCUT2D eigenvalue weighted by atomic mass is 35.5. The van der Waals surface area contributed by atoms with Crippen molar-refractivity contribution in [3.8, 4) is 5.75 Å². The van der Waals surface area contributed by atoms with Crippen LogP contribution in [-0.2, 0) is 32.6 Å². The van der Waals surface area contributed by atoms with E-state index in [0.717, 1.165) is 9.87 Å². The van der Waals surface area contributed by atoms with E-state index in [2.05, 4.69) is 5.32 Å². The molecule has 1 N–H and O–H groups in total. The zero-order chi connectivity index (χ0) is 34.0. The first-order valence-electron chi connectivity index (χ1n) is 15.4. The number of anilines is 1. The zero-order valence-corrected chi connectivity index (χ0v) is 28.9. The van der Waals surface area contributed by atoms with Gasteiger partial charge < -0.3 is 15.0 Å². The summed E-state index contributed by atoms with van der Waals surface area (Å²) in [6.45, 7) is 5.38. The van der Waals surface area contributed by atoms with Gasteiger partial charge in [-0.05, 0) is 74.4 Å². The van der Waals surface area contributed by atoms with Crippen molar-refractivity contribution in [2.45, 2.75) is 57.1 Å². The van der Waals surface area contributed by atoms with Crippen LogP contribution in [0.1, 0.15) is 38.3 Å². The maximum Gasteiger partial charge on any atom is 0.264 e. The van der Waals surface area contributed by atoms with Crippen molar-refractivity contribution >= 4 is 50.7 Å². The van der Waals surface area contributed by atoms with E-state index >= 15 is 0 Å². The molecular formula is C36H39Cl2N3O5S. The minimum absolute atomic E-state index is 0.0118. The molecule has 0 aromatic heterocycles. The van der Waals surface area contributed by atoms with Crippen LogP contribution in [0.25, 0.3) is 0 Å². The molecular weight excluding hydrogens is 657 g/mol. The van der Waals surface area contributed by atoms with Crippen LogP contribution in [0.15, 0.2) is 108 Å². The molecule has 8 nitrogen and oxygen atoms in total. The molecule has 2 amide bonds. The molecule has 0 aliphatic carbocycles. The molecule has 4 aromatic rings. The second-order valence-electron chi connectivity index (χ2n) is 11.0. The van der Waals surface area contributed by atoms with Crippen molar-refractivity contribution in [3.05, 3.63) is 124 Å². The maximum atomic E-state index is 14.6. The number of sulfonamides is 1. The predicted molar refractivity (Wildman–Crippen MR) is 187 cm³/mol. The number of halogens is 2. The molecule has 0 saturated heterocycles. The fourth-order valence-electron chi connectivity index (χ4n) is 4.97. The normalized spacial score (nSPS) is 12.5. The number of rotatable bonds is 15. The number of hydrogen-bond acceptors (Lipinski definition) is 5. The molecule has 0 aliphatic heterocycles. The monoisotopic (exact) mass is 695 g/mol. The van der Waals surface area contributed by atoms with Gasteiger partial charge in [0, 0.05) is 34.6 Å². The summed E-state index contributed by atoms with van der Waals surface area (Å²) in [6.07, 6.45) is 0.848. The third-order valence-corrected chi connectivity index (χ3v) is 10.2. The van der Waals surface area contributed by atoms with Gasteiger partial charge in [0.25, 0.3) is 10.0 Å². The molecule has 0 fully saturated rings. The number of carbonyl (C=O) groups is 2. The molecule has 0 spiro atoms. The van der Waals surface area contributed by atoms with Crippen molar-refractivity contribution in [1.29, 1.82) is 0 Å². The second-order valence-corrected chi connectivity index (χ2v) is 13.7. The van der Waals surface area contributed by atoms with E-state index in [1.54, 1.807) is 60.7 Å². The number of amides is 2. The second kappa shape index (κ2) is 16.7. The first kappa shape index (κ1) is 35.8. The summed E-state index contributed by atoms with van der Waals surface area (Å²) in [5.74, 6) is -0.438. The van der Waals surface area contributed by atoms with Crippen LogP contribution in [0.5, 0.6) is 5.75 Å². The summed E-state index contributed by atoms with van der Waals surface area (Å²) in [4.78, 5) is 30.0. The van der Waals surface area contributed by atoms with Crippen LogP contribution >= 0.6 is 23.2 Å². The number of ether oxygens (including phenoxy) is 1. The van der Waals surface area contributed by atoms with Crippen LogP contribution in [0.4, 0.5) is 5.69 Å². The first-order chi connectivity index (χ1) is 22.5. The molecule has 47 heavy (non-hydrogen) atoms. The van der Waals surface area contributed by atoms with Gasteiger partial charge in [-0.1, -0.05) is 84.7 Å². The van der Waals surface area contributed by atoms with E-state index < -0.39 is 28.5 Å². The Morgan fingerprint density at radius 2 is 1.43 bits per heavy atom. The Morgan fingerprint density at radius 1 is 0.830 bits per heavy atom. The largest absolute Gasteiger partial charge is 0.494 e. The smallest absolute Gasteiger partial charge is 0.264 e. The van der Waals surface area contributed by atoms with E-state index in [0.29, 0.717) is 34.4 Å². The summed E-state index contributed by atoms with van der Waals surface area (Å²) < 4.78 is 34.9. The van der Waals surface area contributed by atoms with Crippen molar-refractivity contribution in [2.75, 3.05) is 17.5 Å². The molecule has 0 radical (unpaired) electrons. The number of nitrogens with zero attached hydrogens (tertiary/aromatic N) is 2. The summed E-state index contributed by atoms with van der Waals surface area (Å²) in [5.41, 5.74) is 1.52. The van der Waals surface area contributed by atoms with E-state index in [9.17, 15) is 18.0 Å². The Labute approximate surface area is 287 Å². The van der Waals surface area contributed by atoms with Crippen LogP contribution < -0.4 is 14.4 Å². The Hall–Kier alpha value is -4.05. The number of carbonyl (C=O) groups excluding carboxylic acids is 2. The van der Waals surface area contributed by atoms with Crippen LogP contribution in [0.2, 0.25) is 10.0 Å². The average molecular weight is 697 g/mol. The lowest BCUT2D eigenvalue weighted by molar-refractivity contribution is -0.140. The quantitative estimate of drug-likeness (QED) is 0.143. The van der Waals surface area contributed by atoms with Crippen molar-refractivity contribution in [3.63, 3.8) is 0 Å². The van der Waals surface area contributed by atoms with Gasteiger partial charge in [0.15, 0.2) is 0 Å². The minimum atomic E-state index is -4.23. The highest BCUT2D eigenvalue weighted by molar-refractivity contribution is 7.92. The molecule has 0 heterocycles. The molecule has 0 aliphatic rings. The summed E-state index contributed by atoms with van der Waals surface area (Å²) in [5, 5.41) is 3.65. The van der Waals surface area contributed by atoms with E-state index in [-0.39, 0.29) is 35.5 Å². The van der Waals surface area contributed by atoms with Crippen molar-refractivity contribution < 1.29 is 22.7 Å². The Balaban J connectivity index is 1.83. The Kier molecular flexibility index (Phi) is 12.7. The topological polar surface area (TPSA) is 96.0 Å². The fraction of sp³-hybridized carbons (Fsp3) is 0.278. The standard InChI is InChI=1S/C36H39Cl2N3O5S/c1-4-26(3)39-36(43)34(23-27-13-8-6-9-14-27)40(24-31-32(37)17-12-18-33(31)38)35(42)25-41(28-19-21-29(22-20-28)46-5-2)47(44,45)30-15-10-7-11-16-30/h6-22,26,34H,4-5,23-25H2,1-3H3,(H,39,43)/t26-,34-/m1/s1. The average Bonchev–Trinajstić information content (AvgIpc) is 3.07. The fourth-order valence-corrected chi connectivity index (χ4v) is 6.92. The lowest BCUT2D eigenvalue weighted by atomic mass is 10.0. The van der Waals surface area contributed by atoms with Gasteiger partial charge in [-0.3, -0.25) is 13.9 Å². The molecule has 4 aromatic carbocycles.